The van der Waals surface area contributed by atoms with Gasteiger partial charge in [0, 0.05) is 6.92 Å². The molecule has 0 aliphatic carbocycles. The predicted molar refractivity (Wildman–Crippen MR) is 142 cm³/mol. The van der Waals surface area contributed by atoms with E-state index >= 15 is 0 Å². The molecule has 0 aliphatic rings. The molecule has 4 rings (SSSR count). The fraction of sp³-hybridized carbons (Fsp3) is 0.107. The quantitative estimate of drug-likeness (QED) is 0.173. The van der Waals surface area contributed by atoms with E-state index in [1.54, 1.807) is 12.1 Å². The van der Waals surface area contributed by atoms with Gasteiger partial charge in [0.15, 0.2) is 0 Å². The molecule has 0 aromatic heterocycles. The molecule has 0 saturated carbocycles. The summed E-state index contributed by atoms with van der Waals surface area (Å²) in [6.07, 6.45) is 0. The Morgan fingerprint density at radius 1 is 0.714 bits per heavy atom. The SMILES string of the molecule is CC(=O)Oc1ccc([P+](C)(c2ccccc2)c2ccccc2)cc1.Cc1ccc(S(=O)(=O)[O-])cc1. The Hall–Kier alpha value is -3.31. The largest absolute Gasteiger partial charge is 0.744 e. The van der Waals surface area contributed by atoms with Crippen LogP contribution in [-0.2, 0) is 14.9 Å². The summed E-state index contributed by atoms with van der Waals surface area (Å²) in [6, 6.07) is 34.9. The monoisotopic (exact) mass is 506 g/mol. The van der Waals surface area contributed by atoms with Gasteiger partial charge in [-0.1, -0.05) is 54.1 Å². The van der Waals surface area contributed by atoms with Crippen molar-refractivity contribution in [2.75, 3.05) is 6.66 Å². The second-order valence-electron chi connectivity index (χ2n) is 8.03. The van der Waals surface area contributed by atoms with Crippen molar-refractivity contribution in [2.24, 2.45) is 0 Å². The standard InChI is InChI=1S/C21H20O2P.C7H8O3S/c1-17(22)23-18-13-15-21(16-14-18)24(2,19-9-5-3-6-10-19)20-11-7-4-8-12-20;1-6-2-4-7(5-3-6)11(8,9)10/h3-16H,1-2H3;2-5H,1H3,(H,8,9,10)/q+1;/p-1. The van der Waals surface area contributed by atoms with Crippen molar-refractivity contribution in [2.45, 2.75) is 18.7 Å². The summed E-state index contributed by atoms with van der Waals surface area (Å²) >= 11 is 0. The summed E-state index contributed by atoms with van der Waals surface area (Å²) in [5, 5.41) is 3.92. The van der Waals surface area contributed by atoms with Gasteiger partial charge >= 0.3 is 5.97 Å². The van der Waals surface area contributed by atoms with Gasteiger partial charge in [0.2, 0.25) is 0 Å². The van der Waals surface area contributed by atoms with Gasteiger partial charge in [-0.2, -0.15) is 0 Å². The first kappa shape index (κ1) is 26.3. The van der Waals surface area contributed by atoms with Crippen LogP contribution in [-0.4, -0.2) is 25.6 Å². The maximum absolute atomic E-state index is 11.1. The molecule has 7 heteroatoms. The van der Waals surface area contributed by atoms with Crippen LogP contribution < -0.4 is 20.7 Å². The molecule has 0 N–H and O–H groups in total. The van der Waals surface area contributed by atoms with Gasteiger partial charge in [0.1, 0.15) is 39.0 Å². The van der Waals surface area contributed by atoms with Crippen LogP contribution >= 0.6 is 7.26 Å². The Bertz CT molecular complexity index is 1310. The minimum atomic E-state index is -4.27. The van der Waals surface area contributed by atoms with Gasteiger partial charge < -0.3 is 9.29 Å². The third-order valence-electron chi connectivity index (χ3n) is 5.47. The highest BCUT2D eigenvalue weighted by Gasteiger charge is 2.39. The van der Waals surface area contributed by atoms with E-state index in [-0.39, 0.29) is 10.9 Å². The third-order valence-corrected chi connectivity index (χ3v) is 10.3. The second-order valence-corrected chi connectivity index (χ2v) is 13.0. The molecule has 0 spiro atoms. The van der Waals surface area contributed by atoms with E-state index in [4.69, 9.17) is 4.74 Å². The summed E-state index contributed by atoms with van der Waals surface area (Å²) < 4.78 is 36.3. The molecule has 0 amide bonds. The summed E-state index contributed by atoms with van der Waals surface area (Å²) in [6.45, 7) is 5.57. The van der Waals surface area contributed by atoms with E-state index in [9.17, 15) is 17.8 Å². The summed E-state index contributed by atoms with van der Waals surface area (Å²) in [7, 11) is -5.99. The normalized spacial score (nSPS) is 11.2. The number of esters is 1. The number of hydrogen-bond donors (Lipinski definition) is 0. The van der Waals surface area contributed by atoms with Gasteiger partial charge in [-0.25, -0.2) is 8.42 Å². The number of aryl methyl sites for hydroxylation is 1. The molecule has 0 aliphatic heterocycles. The number of rotatable bonds is 5. The van der Waals surface area contributed by atoms with E-state index in [0.29, 0.717) is 5.75 Å². The van der Waals surface area contributed by atoms with Gasteiger partial charge in [-0.15, -0.1) is 0 Å². The lowest BCUT2D eigenvalue weighted by molar-refractivity contribution is -0.131. The zero-order valence-corrected chi connectivity index (χ0v) is 21.5. The van der Waals surface area contributed by atoms with Crippen molar-refractivity contribution in [1.82, 2.24) is 0 Å². The van der Waals surface area contributed by atoms with Crippen LogP contribution in [0, 0.1) is 6.92 Å². The second kappa shape index (κ2) is 11.4. The summed E-state index contributed by atoms with van der Waals surface area (Å²) in [5.41, 5.74) is 0.928. The fourth-order valence-electron chi connectivity index (χ4n) is 3.58. The van der Waals surface area contributed by atoms with E-state index < -0.39 is 17.4 Å². The van der Waals surface area contributed by atoms with Crippen LogP contribution in [0.3, 0.4) is 0 Å². The van der Waals surface area contributed by atoms with Crippen molar-refractivity contribution in [3.63, 3.8) is 0 Å². The molecule has 0 fully saturated rings. The maximum Gasteiger partial charge on any atom is 0.308 e. The molecule has 0 unspecified atom stereocenters. The minimum absolute atomic E-state index is 0.178. The average Bonchev–Trinajstić information content (AvgIpc) is 2.85. The molecular formula is C28H27O5PS. The molecule has 0 heterocycles. The van der Waals surface area contributed by atoms with E-state index in [0.717, 1.165) is 5.56 Å². The summed E-state index contributed by atoms with van der Waals surface area (Å²) in [4.78, 5) is 10.9. The summed E-state index contributed by atoms with van der Waals surface area (Å²) in [5.74, 6) is 0.283. The van der Waals surface area contributed by atoms with E-state index in [1.807, 2.05) is 31.2 Å². The van der Waals surface area contributed by atoms with Gasteiger partial charge in [0.05, 0.1) is 11.6 Å². The fourth-order valence-corrected chi connectivity index (χ4v) is 7.23. The molecule has 4 aromatic carbocycles. The Morgan fingerprint density at radius 2 is 1.14 bits per heavy atom. The number of carbonyl (C=O) groups excluding carboxylic acids is 1. The van der Waals surface area contributed by atoms with E-state index in [2.05, 4.69) is 67.3 Å². The Kier molecular flexibility index (Phi) is 8.57. The predicted octanol–water partition coefficient (Wildman–Crippen LogP) is 4.43. The first-order valence-electron chi connectivity index (χ1n) is 10.9. The number of carbonyl (C=O) groups is 1. The first-order valence-corrected chi connectivity index (χ1v) is 14.5. The van der Waals surface area contributed by atoms with Gasteiger partial charge in [-0.3, -0.25) is 4.79 Å². The van der Waals surface area contributed by atoms with Crippen molar-refractivity contribution >= 4 is 39.3 Å². The number of hydrogen-bond acceptors (Lipinski definition) is 5. The van der Waals surface area contributed by atoms with Crippen LogP contribution in [0.2, 0.25) is 0 Å². The maximum atomic E-state index is 11.1. The molecular weight excluding hydrogens is 479 g/mol. The van der Waals surface area contributed by atoms with Gasteiger partial charge in [-0.05, 0) is 67.6 Å². The zero-order valence-electron chi connectivity index (χ0n) is 19.8. The van der Waals surface area contributed by atoms with E-state index in [1.165, 1.54) is 35.0 Å². The van der Waals surface area contributed by atoms with Crippen molar-refractivity contribution in [1.29, 1.82) is 0 Å². The molecule has 0 radical (unpaired) electrons. The highest BCUT2D eigenvalue weighted by atomic mass is 32.2. The Morgan fingerprint density at radius 3 is 1.54 bits per heavy atom. The van der Waals surface area contributed by atoms with Crippen LogP contribution in [0.15, 0.2) is 114 Å². The van der Waals surface area contributed by atoms with Crippen LogP contribution in [0.25, 0.3) is 0 Å². The average molecular weight is 507 g/mol. The molecule has 35 heavy (non-hydrogen) atoms. The highest BCUT2D eigenvalue weighted by Crippen LogP contribution is 2.51. The smallest absolute Gasteiger partial charge is 0.308 e. The van der Waals surface area contributed by atoms with Crippen LogP contribution in [0.1, 0.15) is 12.5 Å². The minimum Gasteiger partial charge on any atom is -0.744 e. The number of benzene rings is 4. The molecule has 5 nitrogen and oxygen atoms in total. The zero-order chi connectivity index (χ0) is 25.5. The van der Waals surface area contributed by atoms with Crippen molar-refractivity contribution < 1.29 is 22.5 Å². The molecule has 4 aromatic rings. The lowest BCUT2D eigenvalue weighted by atomic mass is 10.2. The number of ether oxygens (including phenoxy) is 1. The lowest BCUT2D eigenvalue weighted by Crippen LogP contribution is -2.30. The topological polar surface area (TPSA) is 83.5 Å². The van der Waals surface area contributed by atoms with Gasteiger partial charge in [0.25, 0.3) is 0 Å². The molecule has 0 bridgehead atoms. The first-order chi connectivity index (χ1) is 16.6. The Balaban J connectivity index is 0.000000261. The molecule has 0 saturated heterocycles. The lowest BCUT2D eigenvalue weighted by Gasteiger charge is -2.23. The third kappa shape index (κ3) is 6.86. The molecule has 180 valence electrons. The van der Waals surface area contributed by atoms with Crippen LogP contribution in [0.5, 0.6) is 5.75 Å². The Labute approximate surface area is 207 Å². The van der Waals surface area contributed by atoms with Crippen LogP contribution in [0.4, 0.5) is 0 Å². The highest BCUT2D eigenvalue weighted by molar-refractivity contribution is 7.95. The van der Waals surface area contributed by atoms with Crippen molar-refractivity contribution in [3.8, 4) is 5.75 Å². The molecule has 0 atom stereocenters. The van der Waals surface area contributed by atoms with Crippen molar-refractivity contribution in [3.05, 3.63) is 115 Å².